The number of hydrogen-bond donors (Lipinski definition) is 1. The number of nitrogens with two attached hydrogens (primary N) is 1. The van der Waals surface area contributed by atoms with E-state index in [9.17, 15) is 13.2 Å². The number of rotatable bonds is 2. The van der Waals surface area contributed by atoms with Crippen LogP contribution in [0.5, 0.6) is 5.88 Å². The first-order chi connectivity index (χ1) is 9.56. The minimum absolute atomic E-state index is 0.157. The van der Waals surface area contributed by atoms with E-state index in [4.69, 9.17) is 10.5 Å². The van der Waals surface area contributed by atoms with Gasteiger partial charge in [-0.2, -0.15) is 23.3 Å². The molecule has 0 aromatic carbocycles. The van der Waals surface area contributed by atoms with Gasteiger partial charge in [-0.25, -0.2) is 4.68 Å². The topological polar surface area (TPSA) is 66.0 Å². The Morgan fingerprint density at radius 1 is 1.19 bits per heavy atom. The number of pyridine rings is 1. The van der Waals surface area contributed by atoms with Gasteiger partial charge in [0.25, 0.3) is 0 Å². The average molecular weight is 300 g/mol. The predicted octanol–water partition coefficient (Wildman–Crippen LogP) is 3.05. The van der Waals surface area contributed by atoms with Crippen molar-refractivity contribution in [1.29, 1.82) is 0 Å². The van der Waals surface area contributed by atoms with Crippen LogP contribution in [-0.2, 0) is 6.18 Å². The summed E-state index contributed by atoms with van der Waals surface area (Å²) in [7, 11) is 0. The zero-order valence-electron chi connectivity index (χ0n) is 11.8. The first-order valence-electron chi connectivity index (χ1n) is 6.14. The molecule has 8 heteroatoms. The van der Waals surface area contributed by atoms with Gasteiger partial charge < -0.3 is 10.5 Å². The zero-order valence-corrected chi connectivity index (χ0v) is 11.8. The third kappa shape index (κ3) is 3.65. The third-order valence-electron chi connectivity index (χ3n) is 2.42. The van der Waals surface area contributed by atoms with Crippen LogP contribution in [0.25, 0.3) is 5.82 Å². The maximum atomic E-state index is 12.6. The number of nitrogens with zero attached hydrogens (tertiary/aromatic N) is 3. The number of ether oxygens (including phenoxy) is 1. The Hall–Kier alpha value is -2.25. The molecule has 0 aliphatic carbocycles. The Bertz CT molecular complexity index is 644. The van der Waals surface area contributed by atoms with Crippen LogP contribution in [-0.4, -0.2) is 20.4 Å². The van der Waals surface area contributed by atoms with Gasteiger partial charge >= 0.3 is 6.18 Å². The molecule has 0 bridgehead atoms. The molecule has 0 spiro atoms. The van der Waals surface area contributed by atoms with Crippen molar-refractivity contribution in [3.63, 3.8) is 0 Å². The molecule has 114 valence electrons. The molecule has 2 aromatic rings. The molecular weight excluding hydrogens is 285 g/mol. The number of halogens is 3. The summed E-state index contributed by atoms with van der Waals surface area (Å²) in [4.78, 5) is 4.11. The van der Waals surface area contributed by atoms with E-state index in [-0.39, 0.29) is 11.7 Å². The summed E-state index contributed by atoms with van der Waals surface area (Å²) < 4.78 is 44.3. The fourth-order valence-electron chi connectivity index (χ4n) is 1.54. The lowest BCUT2D eigenvalue weighted by Gasteiger charge is -2.21. The van der Waals surface area contributed by atoms with Crippen LogP contribution in [0.2, 0.25) is 0 Å². The lowest BCUT2D eigenvalue weighted by molar-refractivity contribution is -0.137. The molecule has 0 unspecified atom stereocenters. The van der Waals surface area contributed by atoms with Gasteiger partial charge in [-0.15, -0.1) is 0 Å². The number of aromatic nitrogens is 3. The Morgan fingerprint density at radius 2 is 1.86 bits per heavy atom. The van der Waals surface area contributed by atoms with Gasteiger partial charge in [0.15, 0.2) is 5.82 Å². The van der Waals surface area contributed by atoms with Gasteiger partial charge in [-0.1, -0.05) is 0 Å². The van der Waals surface area contributed by atoms with Crippen molar-refractivity contribution in [2.75, 3.05) is 5.73 Å². The van der Waals surface area contributed by atoms with Crippen LogP contribution in [0.15, 0.2) is 24.5 Å². The molecule has 2 N–H and O–H groups in total. The molecule has 0 aliphatic heterocycles. The zero-order chi connectivity index (χ0) is 15.8. The van der Waals surface area contributed by atoms with Crippen LogP contribution in [0, 0.1) is 0 Å². The van der Waals surface area contributed by atoms with Crippen molar-refractivity contribution in [1.82, 2.24) is 14.8 Å². The first kappa shape index (κ1) is 15.1. The lowest BCUT2D eigenvalue weighted by Crippen LogP contribution is -2.24. The number of anilines is 1. The van der Waals surface area contributed by atoms with E-state index in [0.717, 1.165) is 17.1 Å². The van der Waals surface area contributed by atoms with E-state index in [0.29, 0.717) is 5.69 Å². The highest BCUT2D eigenvalue weighted by atomic mass is 19.4. The Morgan fingerprint density at radius 3 is 2.38 bits per heavy atom. The van der Waals surface area contributed by atoms with Gasteiger partial charge in [0.05, 0.1) is 17.4 Å². The van der Waals surface area contributed by atoms with Crippen molar-refractivity contribution >= 4 is 5.69 Å². The third-order valence-corrected chi connectivity index (χ3v) is 2.42. The highest BCUT2D eigenvalue weighted by Gasteiger charge is 2.32. The smallest absolute Gasteiger partial charge is 0.419 e. The van der Waals surface area contributed by atoms with Crippen molar-refractivity contribution in [2.45, 2.75) is 32.5 Å². The van der Waals surface area contributed by atoms with E-state index >= 15 is 0 Å². The lowest BCUT2D eigenvalue weighted by atomic mass is 10.2. The van der Waals surface area contributed by atoms with Crippen LogP contribution < -0.4 is 10.5 Å². The normalized spacial score (nSPS) is 12.5. The average Bonchev–Trinajstić information content (AvgIpc) is 2.79. The SMILES string of the molecule is CC(C)(C)Oc1nc(-n2cc(C(F)(F)F)cn2)ccc1N. The second-order valence-electron chi connectivity index (χ2n) is 5.45. The molecule has 2 rings (SSSR count). The van der Waals surface area contributed by atoms with Crippen LogP contribution in [0.1, 0.15) is 26.3 Å². The van der Waals surface area contributed by atoms with E-state index < -0.39 is 17.3 Å². The van der Waals surface area contributed by atoms with Gasteiger partial charge in [-0.3, -0.25) is 0 Å². The van der Waals surface area contributed by atoms with Gasteiger partial charge in [0, 0.05) is 6.20 Å². The molecule has 2 aromatic heterocycles. The van der Waals surface area contributed by atoms with Gasteiger partial charge in [0.2, 0.25) is 5.88 Å². The van der Waals surface area contributed by atoms with Gasteiger partial charge in [0.1, 0.15) is 5.60 Å². The molecule has 0 radical (unpaired) electrons. The first-order valence-corrected chi connectivity index (χ1v) is 6.14. The molecular formula is C13H15F3N4O. The Kier molecular flexibility index (Phi) is 3.56. The minimum Gasteiger partial charge on any atom is -0.470 e. The Balaban J connectivity index is 2.37. The van der Waals surface area contributed by atoms with E-state index in [2.05, 4.69) is 10.1 Å². The summed E-state index contributed by atoms with van der Waals surface area (Å²) in [5, 5.41) is 3.66. The molecule has 0 saturated heterocycles. The molecule has 0 amide bonds. The summed E-state index contributed by atoms with van der Waals surface area (Å²) in [6, 6.07) is 2.98. The fraction of sp³-hybridized carbons (Fsp3) is 0.385. The highest BCUT2D eigenvalue weighted by Crippen LogP contribution is 2.30. The second kappa shape index (κ2) is 4.94. The van der Waals surface area contributed by atoms with Crippen molar-refractivity contribution in [2.24, 2.45) is 0 Å². The summed E-state index contributed by atoms with van der Waals surface area (Å²) in [6.45, 7) is 5.45. The largest absolute Gasteiger partial charge is 0.470 e. The van der Waals surface area contributed by atoms with E-state index in [1.807, 2.05) is 20.8 Å². The molecule has 21 heavy (non-hydrogen) atoms. The number of alkyl halides is 3. The Labute approximate surface area is 119 Å². The number of nitrogen functional groups attached to an aromatic ring is 1. The summed E-state index contributed by atoms with van der Waals surface area (Å²) in [6.07, 6.45) is -2.85. The predicted molar refractivity (Wildman–Crippen MR) is 71.2 cm³/mol. The maximum absolute atomic E-state index is 12.6. The van der Waals surface area contributed by atoms with Crippen molar-refractivity contribution < 1.29 is 17.9 Å². The van der Waals surface area contributed by atoms with Crippen LogP contribution >= 0.6 is 0 Å². The second-order valence-corrected chi connectivity index (χ2v) is 5.45. The van der Waals surface area contributed by atoms with Crippen molar-refractivity contribution in [3.8, 4) is 11.7 Å². The van der Waals surface area contributed by atoms with Crippen LogP contribution in [0.4, 0.5) is 18.9 Å². The molecule has 0 atom stereocenters. The maximum Gasteiger partial charge on any atom is 0.419 e. The molecule has 0 saturated carbocycles. The van der Waals surface area contributed by atoms with E-state index in [1.54, 1.807) is 0 Å². The fourth-order valence-corrected chi connectivity index (χ4v) is 1.54. The molecule has 0 aliphatic rings. The monoisotopic (exact) mass is 300 g/mol. The quantitative estimate of drug-likeness (QED) is 0.925. The summed E-state index contributed by atoms with van der Waals surface area (Å²) in [5.74, 6) is 0.350. The summed E-state index contributed by atoms with van der Waals surface area (Å²) in [5.41, 5.74) is 4.68. The molecule has 2 heterocycles. The number of hydrogen-bond acceptors (Lipinski definition) is 4. The highest BCUT2D eigenvalue weighted by molar-refractivity contribution is 5.50. The molecule has 5 nitrogen and oxygen atoms in total. The standard InChI is InChI=1S/C13H15F3N4O/c1-12(2,3)21-11-9(17)4-5-10(19-11)20-7-8(6-18-20)13(14,15)16/h4-7H,17H2,1-3H3. The summed E-state index contributed by atoms with van der Waals surface area (Å²) >= 11 is 0. The van der Waals surface area contributed by atoms with E-state index in [1.165, 1.54) is 12.1 Å². The van der Waals surface area contributed by atoms with Gasteiger partial charge in [-0.05, 0) is 32.9 Å². The minimum atomic E-state index is -4.45. The van der Waals surface area contributed by atoms with Crippen molar-refractivity contribution in [3.05, 3.63) is 30.1 Å². The molecule has 0 fully saturated rings. The van der Waals surface area contributed by atoms with Crippen LogP contribution in [0.3, 0.4) is 0 Å².